The van der Waals surface area contributed by atoms with E-state index in [1.807, 2.05) is 123 Å². The quantitative estimate of drug-likeness (QED) is 0.102. The number of benzene rings is 5. The monoisotopic (exact) mass is 682 g/mol. The number of amides is 2. The van der Waals surface area contributed by atoms with Crippen LogP contribution in [0.5, 0.6) is 0 Å². The van der Waals surface area contributed by atoms with Gasteiger partial charge in [-0.3, -0.25) is 9.59 Å². The van der Waals surface area contributed by atoms with Crippen LogP contribution < -0.4 is 10.9 Å². The number of allylic oxidation sites excluding steroid dienone is 2. The fourth-order valence-electron chi connectivity index (χ4n) is 7.55. The molecule has 52 heavy (non-hydrogen) atoms. The lowest BCUT2D eigenvalue weighted by molar-refractivity contribution is -0.123. The summed E-state index contributed by atoms with van der Waals surface area (Å²) in [5.41, 5.74) is 13.4. The van der Waals surface area contributed by atoms with Gasteiger partial charge in [-0.05, 0) is 71.2 Å². The van der Waals surface area contributed by atoms with Crippen molar-refractivity contribution in [2.24, 2.45) is 22.0 Å². The Balaban J connectivity index is 0.922. The highest BCUT2D eigenvalue weighted by molar-refractivity contribution is 5.90. The van der Waals surface area contributed by atoms with Gasteiger partial charge in [0.15, 0.2) is 0 Å². The van der Waals surface area contributed by atoms with Crippen molar-refractivity contribution in [3.8, 4) is 0 Å². The minimum atomic E-state index is -0.323. The van der Waals surface area contributed by atoms with E-state index >= 15 is 0 Å². The van der Waals surface area contributed by atoms with Gasteiger partial charge in [-0.1, -0.05) is 158 Å². The Morgan fingerprint density at radius 1 is 0.500 bits per heavy atom. The third kappa shape index (κ3) is 7.19. The van der Waals surface area contributed by atoms with Crippen molar-refractivity contribution in [3.05, 3.63) is 190 Å². The van der Waals surface area contributed by atoms with Gasteiger partial charge in [0.05, 0.1) is 24.3 Å². The molecule has 5 aromatic rings. The van der Waals surface area contributed by atoms with Gasteiger partial charge in [-0.15, -0.1) is 0 Å². The van der Waals surface area contributed by atoms with Crippen molar-refractivity contribution >= 4 is 36.4 Å². The van der Waals surface area contributed by atoms with Crippen molar-refractivity contribution in [3.63, 3.8) is 0 Å². The lowest BCUT2D eigenvalue weighted by atomic mass is 9.85. The van der Waals surface area contributed by atoms with Crippen LogP contribution in [0.4, 0.5) is 0 Å². The average Bonchev–Trinajstić information content (AvgIpc) is 4.11. The maximum atomic E-state index is 13.2. The number of rotatable bonds is 12. The Kier molecular flexibility index (Phi) is 9.90. The van der Waals surface area contributed by atoms with E-state index in [9.17, 15) is 9.59 Å². The van der Waals surface area contributed by atoms with Crippen LogP contribution in [-0.4, -0.2) is 24.2 Å². The molecule has 5 aromatic carbocycles. The zero-order valence-corrected chi connectivity index (χ0v) is 29.4. The van der Waals surface area contributed by atoms with Gasteiger partial charge >= 0.3 is 0 Å². The molecule has 0 spiro atoms. The first kappa shape index (κ1) is 34.3. The lowest BCUT2D eigenvalue weighted by Crippen LogP contribution is -2.25. The van der Waals surface area contributed by atoms with Crippen LogP contribution in [0.15, 0.2) is 167 Å². The zero-order chi connectivity index (χ0) is 36.0. The molecule has 0 bridgehead atoms. The number of hydrazone groups is 2. The Labute approximate surface area is 305 Å². The summed E-state index contributed by atoms with van der Waals surface area (Å²) in [5, 5.41) is 8.57. The predicted octanol–water partition coefficient (Wildman–Crippen LogP) is 8.71. The second-order valence-corrected chi connectivity index (χ2v) is 13.8. The zero-order valence-electron chi connectivity index (χ0n) is 29.4. The molecule has 0 radical (unpaired) electrons. The van der Waals surface area contributed by atoms with E-state index in [4.69, 9.17) is 0 Å². The van der Waals surface area contributed by atoms with E-state index in [0.717, 1.165) is 57.4 Å². The molecule has 2 aliphatic rings. The van der Waals surface area contributed by atoms with Gasteiger partial charge in [-0.2, -0.15) is 10.2 Å². The second-order valence-electron chi connectivity index (χ2n) is 13.8. The van der Waals surface area contributed by atoms with Crippen LogP contribution in [0, 0.1) is 11.8 Å². The maximum absolute atomic E-state index is 13.2. The largest absolute Gasteiger partial charge is 0.273 e. The molecule has 2 atom stereocenters. The van der Waals surface area contributed by atoms with E-state index in [1.165, 1.54) is 0 Å². The molecule has 2 N–H and O–H groups in total. The van der Waals surface area contributed by atoms with Crippen molar-refractivity contribution in [2.75, 3.05) is 0 Å². The first-order valence-corrected chi connectivity index (χ1v) is 17.7. The van der Waals surface area contributed by atoms with E-state index in [0.29, 0.717) is 0 Å². The molecular weight excluding hydrogens is 641 g/mol. The van der Waals surface area contributed by atoms with Gasteiger partial charge in [0.1, 0.15) is 0 Å². The van der Waals surface area contributed by atoms with E-state index in [-0.39, 0.29) is 34.5 Å². The van der Waals surface area contributed by atoms with E-state index in [2.05, 4.69) is 69.6 Å². The molecule has 0 heterocycles. The first-order chi connectivity index (χ1) is 25.4. The molecule has 6 heteroatoms. The van der Waals surface area contributed by atoms with Crippen LogP contribution in [0.2, 0.25) is 0 Å². The standard InChI is InChI=1S/C46H42N4O2/c1-33(31-47-49-43(51)41-29-45(41,37-15-7-3-8-16-37)38-17-9-4-10-18-38)27-35-23-25-36(26-24-35)28-34(2)32-48-50-44(52)42-30-46(42,39-19-11-5-12-20-39)40-21-13-6-14-22-40/h3-28,31-32,41-42H,29-30H2,1-2H3,(H,49,51)(H,50,52)/b33-27-,34-28-,47-31+,48-32+. The highest BCUT2D eigenvalue weighted by Gasteiger charge is 2.61. The van der Waals surface area contributed by atoms with E-state index in [1.54, 1.807) is 12.4 Å². The van der Waals surface area contributed by atoms with Crippen LogP contribution in [0.3, 0.4) is 0 Å². The van der Waals surface area contributed by atoms with E-state index < -0.39 is 0 Å². The van der Waals surface area contributed by atoms with Crippen LogP contribution in [0.1, 0.15) is 60.1 Å². The highest BCUT2D eigenvalue weighted by atomic mass is 16.2. The van der Waals surface area contributed by atoms with Gasteiger partial charge in [0, 0.05) is 10.8 Å². The fraction of sp³-hybridized carbons (Fsp3) is 0.174. The van der Waals surface area contributed by atoms with Gasteiger partial charge in [0.2, 0.25) is 11.8 Å². The number of hydrogen-bond acceptors (Lipinski definition) is 4. The molecule has 2 saturated carbocycles. The molecule has 0 aromatic heterocycles. The normalized spacial score (nSPS) is 19.0. The molecule has 2 unspecified atom stereocenters. The Hall–Kier alpha value is -6.14. The number of nitrogens with zero attached hydrogens (tertiary/aromatic N) is 2. The van der Waals surface area contributed by atoms with Crippen molar-refractivity contribution in [1.82, 2.24) is 10.9 Å². The summed E-state index contributed by atoms with van der Waals surface area (Å²) in [6.45, 7) is 3.91. The van der Waals surface area contributed by atoms with Crippen molar-refractivity contribution in [1.29, 1.82) is 0 Å². The molecule has 2 amide bonds. The van der Waals surface area contributed by atoms with Gasteiger partial charge in [-0.25, -0.2) is 10.9 Å². The molecular formula is C46H42N4O2. The number of hydrogen-bond donors (Lipinski definition) is 2. The molecule has 0 saturated heterocycles. The molecule has 2 fully saturated rings. The number of nitrogens with one attached hydrogen (secondary N) is 2. The predicted molar refractivity (Wildman–Crippen MR) is 211 cm³/mol. The van der Waals surface area contributed by atoms with Crippen LogP contribution in [0.25, 0.3) is 12.2 Å². The summed E-state index contributed by atoms with van der Waals surface area (Å²) in [7, 11) is 0. The summed E-state index contributed by atoms with van der Waals surface area (Å²) in [6.07, 6.45) is 8.91. The minimum absolute atomic E-state index is 0.0774. The van der Waals surface area contributed by atoms with Crippen LogP contribution >= 0.6 is 0 Å². The summed E-state index contributed by atoms with van der Waals surface area (Å²) < 4.78 is 0. The maximum Gasteiger partial charge on any atom is 0.244 e. The Bertz CT molecular complexity index is 1900. The van der Waals surface area contributed by atoms with Gasteiger partial charge in [0.25, 0.3) is 0 Å². The highest BCUT2D eigenvalue weighted by Crippen LogP contribution is 2.59. The summed E-state index contributed by atoms with van der Waals surface area (Å²) in [4.78, 5) is 26.4. The lowest BCUT2D eigenvalue weighted by Gasteiger charge is -2.18. The molecule has 0 aliphatic heterocycles. The Morgan fingerprint density at radius 3 is 1.08 bits per heavy atom. The fourth-order valence-corrected chi connectivity index (χ4v) is 7.55. The number of carbonyl (C=O) groups excluding carboxylic acids is 2. The number of carbonyl (C=O) groups is 2. The van der Waals surface area contributed by atoms with Crippen LogP contribution in [-0.2, 0) is 20.4 Å². The first-order valence-electron chi connectivity index (χ1n) is 17.7. The third-order valence-corrected chi connectivity index (χ3v) is 10.3. The summed E-state index contributed by atoms with van der Waals surface area (Å²) in [5.74, 6) is -0.514. The smallest absolute Gasteiger partial charge is 0.244 e. The van der Waals surface area contributed by atoms with Crippen molar-refractivity contribution < 1.29 is 9.59 Å². The summed E-state index contributed by atoms with van der Waals surface area (Å²) in [6, 6.07) is 49.1. The molecule has 2 aliphatic carbocycles. The SMILES string of the molecule is CC(=C/c1ccc(/C=C(C)\C=N\NC(=O)C2CC2(c2ccccc2)c2ccccc2)cc1)/C=N/NC(=O)C1CC1(c1ccccc1)c1ccccc1. The summed E-state index contributed by atoms with van der Waals surface area (Å²) >= 11 is 0. The second kappa shape index (κ2) is 15.0. The van der Waals surface area contributed by atoms with Crippen molar-refractivity contribution in [2.45, 2.75) is 37.5 Å². The minimum Gasteiger partial charge on any atom is -0.273 e. The molecule has 6 nitrogen and oxygen atoms in total. The molecule has 7 rings (SSSR count). The topological polar surface area (TPSA) is 82.9 Å². The van der Waals surface area contributed by atoms with Gasteiger partial charge < -0.3 is 0 Å². The Morgan fingerprint density at radius 2 is 0.788 bits per heavy atom. The average molecular weight is 683 g/mol. The molecule has 258 valence electrons. The third-order valence-electron chi connectivity index (χ3n) is 10.3.